The summed E-state index contributed by atoms with van der Waals surface area (Å²) in [7, 11) is 1.92. The van der Waals surface area contributed by atoms with Crippen LogP contribution in [0.25, 0.3) is 0 Å². The topological polar surface area (TPSA) is 56.7 Å². The number of halogens is 1. The van der Waals surface area contributed by atoms with Crippen molar-refractivity contribution in [3.05, 3.63) is 66.0 Å². The van der Waals surface area contributed by atoms with E-state index in [1.165, 1.54) is 24.3 Å². The van der Waals surface area contributed by atoms with E-state index in [0.29, 0.717) is 24.7 Å². The van der Waals surface area contributed by atoms with Crippen molar-refractivity contribution in [2.75, 3.05) is 25.5 Å². The molecule has 1 amide bonds. The summed E-state index contributed by atoms with van der Waals surface area (Å²) in [5.41, 5.74) is 1.70. The molecule has 2 aromatic carbocycles. The first-order valence-corrected chi connectivity index (χ1v) is 8.17. The molecule has 0 saturated heterocycles. The second kappa shape index (κ2) is 9.42. The van der Waals surface area contributed by atoms with E-state index in [0.717, 1.165) is 5.56 Å². The van der Waals surface area contributed by atoms with Gasteiger partial charge in [-0.05, 0) is 36.8 Å². The Morgan fingerprint density at radius 1 is 1.12 bits per heavy atom. The van der Waals surface area contributed by atoms with Crippen molar-refractivity contribution in [3.8, 4) is 0 Å². The van der Waals surface area contributed by atoms with Gasteiger partial charge in [0.2, 0.25) is 5.91 Å². The highest BCUT2D eigenvalue weighted by atomic mass is 19.1. The fourth-order valence-corrected chi connectivity index (χ4v) is 2.28. The van der Waals surface area contributed by atoms with Crippen LogP contribution in [-0.4, -0.2) is 36.9 Å². The average Bonchev–Trinajstić information content (AvgIpc) is 2.61. The summed E-state index contributed by atoms with van der Waals surface area (Å²) in [6.07, 6.45) is 0. The van der Waals surface area contributed by atoms with Crippen molar-refractivity contribution in [2.45, 2.75) is 13.5 Å². The number of anilines is 1. The van der Waals surface area contributed by atoms with Gasteiger partial charge in [-0.1, -0.05) is 30.3 Å². The molecule has 0 unspecified atom stereocenters. The summed E-state index contributed by atoms with van der Waals surface area (Å²) < 4.78 is 12.9. The first-order chi connectivity index (χ1) is 12.1. The smallest absolute Gasteiger partial charge is 0.246 e. The van der Waals surface area contributed by atoms with Crippen LogP contribution in [0.4, 0.5) is 10.1 Å². The van der Waals surface area contributed by atoms with E-state index in [2.05, 4.69) is 15.6 Å². The zero-order valence-corrected chi connectivity index (χ0v) is 14.5. The number of rotatable bonds is 6. The normalized spacial score (nSPS) is 11.1. The van der Waals surface area contributed by atoms with Gasteiger partial charge in [0.25, 0.3) is 0 Å². The summed E-state index contributed by atoms with van der Waals surface area (Å²) >= 11 is 0. The third-order valence-corrected chi connectivity index (χ3v) is 3.46. The largest absolute Gasteiger partial charge is 0.357 e. The maximum absolute atomic E-state index is 12.9. The van der Waals surface area contributed by atoms with Crippen LogP contribution in [0, 0.1) is 5.82 Å². The van der Waals surface area contributed by atoms with Crippen molar-refractivity contribution < 1.29 is 9.18 Å². The Balaban J connectivity index is 1.95. The van der Waals surface area contributed by atoms with Crippen LogP contribution in [0.1, 0.15) is 12.5 Å². The van der Waals surface area contributed by atoms with Gasteiger partial charge in [0.05, 0.1) is 0 Å². The van der Waals surface area contributed by atoms with Gasteiger partial charge in [-0.15, -0.1) is 0 Å². The van der Waals surface area contributed by atoms with Crippen LogP contribution in [0.15, 0.2) is 59.6 Å². The number of nitrogens with one attached hydrogen (secondary N) is 2. The molecule has 2 rings (SSSR count). The lowest BCUT2D eigenvalue weighted by molar-refractivity contribution is -0.114. The average molecular weight is 342 g/mol. The Morgan fingerprint density at radius 2 is 1.80 bits per heavy atom. The molecule has 0 aliphatic heterocycles. The molecule has 2 aromatic rings. The molecule has 132 valence electrons. The molecular weight excluding hydrogens is 319 g/mol. The van der Waals surface area contributed by atoms with Crippen molar-refractivity contribution >= 4 is 17.6 Å². The van der Waals surface area contributed by atoms with Crippen molar-refractivity contribution in [3.63, 3.8) is 0 Å². The SMILES string of the molecule is CCNC(=NCC(=O)Nc1ccc(F)cc1)N(C)Cc1ccccc1. The predicted molar refractivity (Wildman–Crippen MR) is 98.9 cm³/mol. The second-order valence-corrected chi connectivity index (χ2v) is 5.57. The first kappa shape index (κ1) is 18.4. The Bertz CT molecular complexity index is 701. The first-order valence-electron chi connectivity index (χ1n) is 8.17. The number of guanidine groups is 1. The molecule has 0 aliphatic carbocycles. The Kier molecular flexibility index (Phi) is 6.95. The van der Waals surface area contributed by atoms with Crippen LogP contribution in [0.3, 0.4) is 0 Å². The third-order valence-electron chi connectivity index (χ3n) is 3.46. The zero-order chi connectivity index (χ0) is 18.1. The van der Waals surface area contributed by atoms with E-state index in [-0.39, 0.29) is 18.3 Å². The van der Waals surface area contributed by atoms with E-state index in [1.807, 2.05) is 49.2 Å². The molecule has 0 aliphatic rings. The van der Waals surface area contributed by atoms with E-state index < -0.39 is 0 Å². The Labute approximate surface area is 147 Å². The monoisotopic (exact) mass is 342 g/mol. The van der Waals surface area contributed by atoms with Gasteiger partial charge in [0.1, 0.15) is 12.4 Å². The van der Waals surface area contributed by atoms with Crippen LogP contribution >= 0.6 is 0 Å². The van der Waals surface area contributed by atoms with E-state index >= 15 is 0 Å². The van der Waals surface area contributed by atoms with Crippen LogP contribution in [0.5, 0.6) is 0 Å². The lowest BCUT2D eigenvalue weighted by Crippen LogP contribution is -2.39. The molecule has 0 atom stereocenters. The molecule has 0 fully saturated rings. The number of carbonyl (C=O) groups is 1. The summed E-state index contributed by atoms with van der Waals surface area (Å²) in [6, 6.07) is 15.7. The van der Waals surface area contributed by atoms with Gasteiger partial charge in [0.15, 0.2) is 5.96 Å². The Morgan fingerprint density at radius 3 is 2.44 bits per heavy atom. The minimum absolute atomic E-state index is 0.0150. The fraction of sp³-hybridized carbons (Fsp3) is 0.263. The summed E-state index contributed by atoms with van der Waals surface area (Å²) in [4.78, 5) is 18.4. The van der Waals surface area contributed by atoms with E-state index in [1.54, 1.807) is 0 Å². The van der Waals surface area contributed by atoms with Crippen LogP contribution in [0.2, 0.25) is 0 Å². The molecule has 5 nitrogen and oxygen atoms in total. The lowest BCUT2D eigenvalue weighted by Gasteiger charge is -2.22. The molecular formula is C19H23FN4O. The molecule has 25 heavy (non-hydrogen) atoms. The minimum atomic E-state index is -0.340. The number of hydrogen-bond donors (Lipinski definition) is 2. The van der Waals surface area contributed by atoms with Gasteiger partial charge < -0.3 is 15.5 Å². The van der Waals surface area contributed by atoms with Gasteiger partial charge in [-0.3, -0.25) is 4.79 Å². The quantitative estimate of drug-likeness (QED) is 0.627. The molecule has 0 saturated carbocycles. The lowest BCUT2D eigenvalue weighted by atomic mass is 10.2. The number of benzene rings is 2. The maximum Gasteiger partial charge on any atom is 0.246 e. The van der Waals surface area contributed by atoms with Gasteiger partial charge in [-0.2, -0.15) is 0 Å². The predicted octanol–water partition coefficient (Wildman–Crippen LogP) is 2.86. The highest BCUT2D eigenvalue weighted by Gasteiger charge is 2.08. The van der Waals surface area contributed by atoms with Crippen LogP contribution in [-0.2, 0) is 11.3 Å². The zero-order valence-electron chi connectivity index (χ0n) is 14.5. The van der Waals surface area contributed by atoms with Gasteiger partial charge in [0, 0.05) is 25.8 Å². The number of amides is 1. The number of carbonyl (C=O) groups excluding carboxylic acids is 1. The van der Waals surface area contributed by atoms with Gasteiger partial charge in [-0.25, -0.2) is 9.38 Å². The molecule has 0 aromatic heterocycles. The van der Waals surface area contributed by atoms with E-state index in [9.17, 15) is 9.18 Å². The third kappa shape index (κ3) is 6.25. The molecule has 0 heterocycles. The van der Waals surface area contributed by atoms with Crippen molar-refractivity contribution in [1.29, 1.82) is 0 Å². The maximum atomic E-state index is 12.9. The summed E-state index contributed by atoms with van der Waals surface area (Å²) in [6.45, 7) is 3.35. The van der Waals surface area contributed by atoms with Gasteiger partial charge >= 0.3 is 0 Å². The molecule has 0 radical (unpaired) electrons. The van der Waals surface area contributed by atoms with Crippen LogP contribution < -0.4 is 10.6 Å². The summed E-state index contributed by atoms with van der Waals surface area (Å²) in [5, 5.41) is 5.87. The van der Waals surface area contributed by atoms with Crippen molar-refractivity contribution in [2.24, 2.45) is 4.99 Å². The van der Waals surface area contributed by atoms with Crippen molar-refractivity contribution in [1.82, 2.24) is 10.2 Å². The highest BCUT2D eigenvalue weighted by Crippen LogP contribution is 2.08. The fourth-order valence-electron chi connectivity index (χ4n) is 2.28. The molecule has 0 spiro atoms. The van der Waals surface area contributed by atoms with E-state index in [4.69, 9.17) is 0 Å². The second-order valence-electron chi connectivity index (χ2n) is 5.57. The summed E-state index contributed by atoms with van der Waals surface area (Å²) in [5.74, 6) is 0.0590. The number of hydrogen-bond acceptors (Lipinski definition) is 2. The Hall–Kier alpha value is -2.89. The standard InChI is InChI=1S/C19H23FN4O/c1-3-21-19(24(2)14-15-7-5-4-6-8-15)22-13-18(25)23-17-11-9-16(20)10-12-17/h4-12H,3,13-14H2,1-2H3,(H,21,22)(H,23,25). The molecule has 6 heteroatoms. The number of nitrogens with zero attached hydrogens (tertiary/aromatic N) is 2. The molecule has 0 bridgehead atoms. The highest BCUT2D eigenvalue weighted by molar-refractivity contribution is 5.94. The molecule has 2 N–H and O–H groups in total. The number of aliphatic imine (C=N–C) groups is 1. The minimum Gasteiger partial charge on any atom is -0.357 e.